The van der Waals surface area contributed by atoms with E-state index < -0.39 is 0 Å². The standard InChI is InChI=1S/C13H20N4/c1-13(11-14)4-8-17(9-5-13)7-3-12-15-6-10-16(12)2/h6,10H,3-5,7-9H2,1-2H3. The van der Waals surface area contributed by atoms with E-state index >= 15 is 0 Å². The van der Waals surface area contributed by atoms with Crippen LogP contribution in [-0.4, -0.2) is 34.1 Å². The van der Waals surface area contributed by atoms with Crippen molar-refractivity contribution in [3.63, 3.8) is 0 Å². The molecule has 0 N–H and O–H groups in total. The van der Waals surface area contributed by atoms with Gasteiger partial charge < -0.3 is 9.47 Å². The molecule has 0 bridgehead atoms. The molecule has 92 valence electrons. The minimum atomic E-state index is -0.0975. The first-order valence-corrected chi connectivity index (χ1v) is 6.23. The average Bonchev–Trinajstić information content (AvgIpc) is 2.74. The zero-order chi connectivity index (χ0) is 12.3. The summed E-state index contributed by atoms with van der Waals surface area (Å²) in [6, 6.07) is 2.44. The van der Waals surface area contributed by atoms with Gasteiger partial charge in [0, 0.05) is 32.4 Å². The number of hydrogen-bond donors (Lipinski definition) is 0. The Labute approximate surface area is 103 Å². The summed E-state index contributed by atoms with van der Waals surface area (Å²) in [6.07, 6.45) is 6.80. The molecule has 1 aromatic rings. The number of aromatic nitrogens is 2. The average molecular weight is 232 g/mol. The second-order valence-electron chi connectivity index (χ2n) is 5.22. The van der Waals surface area contributed by atoms with Gasteiger partial charge in [0.1, 0.15) is 5.82 Å². The monoisotopic (exact) mass is 232 g/mol. The second-order valence-corrected chi connectivity index (χ2v) is 5.22. The quantitative estimate of drug-likeness (QED) is 0.795. The zero-order valence-electron chi connectivity index (χ0n) is 10.7. The lowest BCUT2D eigenvalue weighted by Crippen LogP contribution is -2.39. The molecule has 4 heteroatoms. The van der Waals surface area contributed by atoms with Crippen LogP contribution in [0.4, 0.5) is 0 Å². The zero-order valence-corrected chi connectivity index (χ0v) is 10.7. The molecule has 1 aromatic heterocycles. The number of aryl methyl sites for hydroxylation is 1. The van der Waals surface area contributed by atoms with Gasteiger partial charge in [0.05, 0.1) is 11.5 Å². The highest BCUT2D eigenvalue weighted by Gasteiger charge is 2.29. The molecule has 0 unspecified atom stereocenters. The van der Waals surface area contributed by atoms with Gasteiger partial charge in [-0.3, -0.25) is 0 Å². The van der Waals surface area contributed by atoms with Crippen molar-refractivity contribution in [3.05, 3.63) is 18.2 Å². The minimum Gasteiger partial charge on any atom is -0.338 e. The van der Waals surface area contributed by atoms with E-state index in [0.29, 0.717) is 0 Å². The van der Waals surface area contributed by atoms with Gasteiger partial charge in [0.2, 0.25) is 0 Å². The molecule has 1 aliphatic rings. The maximum absolute atomic E-state index is 9.07. The number of piperidine rings is 1. The summed E-state index contributed by atoms with van der Waals surface area (Å²) in [4.78, 5) is 6.77. The SMILES string of the molecule is Cn1ccnc1CCN1CCC(C)(C#N)CC1. The van der Waals surface area contributed by atoms with Crippen molar-refractivity contribution in [2.75, 3.05) is 19.6 Å². The Morgan fingerprint density at radius 2 is 2.18 bits per heavy atom. The Hall–Kier alpha value is -1.34. The van der Waals surface area contributed by atoms with E-state index in [9.17, 15) is 0 Å². The predicted molar refractivity (Wildman–Crippen MR) is 66.3 cm³/mol. The number of likely N-dealkylation sites (tertiary alicyclic amines) is 1. The first-order valence-electron chi connectivity index (χ1n) is 6.23. The van der Waals surface area contributed by atoms with Crippen LogP contribution in [-0.2, 0) is 13.5 Å². The van der Waals surface area contributed by atoms with Gasteiger partial charge in [-0.15, -0.1) is 0 Å². The molecule has 1 saturated heterocycles. The molecule has 1 fully saturated rings. The lowest BCUT2D eigenvalue weighted by molar-refractivity contribution is 0.157. The van der Waals surface area contributed by atoms with Crippen LogP contribution in [0.25, 0.3) is 0 Å². The summed E-state index contributed by atoms with van der Waals surface area (Å²) in [5, 5.41) is 9.07. The number of nitriles is 1. The van der Waals surface area contributed by atoms with E-state index in [2.05, 4.69) is 27.4 Å². The normalized spacial score (nSPS) is 20.1. The molecule has 17 heavy (non-hydrogen) atoms. The summed E-state index contributed by atoms with van der Waals surface area (Å²) in [5.74, 6) is 1.14. The van der Waals surface area contributed by atoms with Crippen LogP contribution < -0.4 is 0 Å². The number of hydrogen-bond acceptors (Lipinski definition) is 3. The van der Waals surface area contributed by atoms with Gasteiger partial charge in [-0.1, -0.05) is 0 Å². The Morgan fingerprint density at radius 3 is 2.71 bits per heavy atom. The Morgan fingerprint density at radius 1 is 1.47 bits per heavy atom. The second kappa shape index (κ2) is 4.89. The molecule has 0 saturated carbocycles. The van der Waals surface area contributed by atoms with Gasteiger partial charge in [-0.2, -0.15) is 5.26 Å². The van der Waals surface area contributed by atoms with Gasteiger partial charge in [0.15, 0.2) is 0 Å². The molecule has 0 aliphatic carbocycles. The maximum atomic E-state index is 9.07. The summed E-state index contributed by atoms with van der Waals surface area (Å²) in [7, 11) is 2.03. The van der Waals surface area contributed by atoms with Crippen LogP contribution in [0.2, 0.25) is 0 Å². The molecule has 0 radical (unpaired) electrons. The van der Waals surface area contributed by atoms with E-state index in [1.165, 1.54) is 0 Å². The van der Waals surface area contributed by atoms with E-state index in [0.717, 1.165) is 44.7 Å². The van der Waals surface area contributed by atoms with Crippen molar-refractivity contribution in [1.29, 1.82) is 5.26 Å². The number of rotatable bonds is 3. The third-order valence-electron chi connectivity index (χ3n) is 3.80. The smallest absolute Gasteiger partial charge is 0.109 e. The van der Waals surface area contributed by atoms with Crippen LogP contribution in [0.5, 0.6) is 0 Å². The van der Waals surface area contributed by atoms with Crippen LogP contribution >= 0.6 is 0 Å². The highest BCUT2D eigenvalue weighted by atomic mass is 15.1. The van der Waals surface area contributed by atoms with Crippen molar-refractivity contribution in [2.45, 2.75) is 26.2 Å². The summed E-state index contributed by atoms with van der Waals surface area (Å²) in [5.41, 5.74) is -0.0975. The third kappa shape index (κ3) is 2.86. The predicted octanol–water partition coefficient (Wildman–Crippen LogP) is 1.59. The molecule has 2 rings (SSSR count). The Kier molecular flexibility index (Phi) is 3.49. The van der Waals surface area contributed by atoms with Crippen molar-refractivity contribution < 1.29 is 0 Å². The highest BCUT2D eigenvalue weighted by molar-refractivity contribution is 4.99. The number of imidazole rings is 1. The van der Waals surface area contributed by atoms with Crippen LogP contribution in [0.3, 0.4) is 0 Å². The molecule has 0 aromatic carbocycles. The molecule has 0 atom stereocenters. The van der Waals surface area contributed by atoms with Crippen LogP contribution in [0, 0.1) is 16.7 Å². The first-order chi connectivity index (χ1) is 8.13. The van der Waals surface area contributed by atoms with Crippen LogP contribution in [0.15, 0.2) is 12.4 Å². The van der Waals surface area contributed by atoms with Gasteiger partial charge in [-0.05, 0) is 32.9 Å². The summed E-state index contributed by atoms with van der Waals surface area (Å²) < 4.78 is 2.07. The molecule has 0 spiro atoms. The largest absolute Gasteiger partial charge is 0.338 e. The van der Waals surface area contributed by atoms with E-state index in [4.69, 9.17) is 5.26 Å². The molecule has 2 heterocycles. The molecule has 1 aliphatic heterocycles. The molecule has 0 amide bonds. The van der Waals surface area contributed by atoms with Crippen LogP contribution in [0.1, 0.15) is 25.6 Å². The molecule has 4 nitrogen and oxygen atoms in total. The summed E-state index contributed by atoms with van der Waals surface area (Å²) in [6.45, 7) is 5.19. The fraction of sp³-hybridized carbons (Fsp3) is 0.692. The topological polar surface area (TPSA) is 44.9 Å². The van der Waals surface area contributed by atoms with Crippen molar-refractivity contribution >= 4 is 0 Å². The van der Waals surface area contributed by atoms with E-state index in [1.807, 2.05) is 19.4 Å². The van der Waals surface area contributed by atoms with Crippen molar-refractivity contribution in [1.82, 2.24) is 14.5 Å². The fourth-order valence-corrected chi connectivity index (χ4v) is 2.28. The van der Waals surface area contributed by atoms with Gasteiger partial charge in [-0.25, -0.2) is 4.98 Å². The van der Waals surface area contributed by atoms with Crippen molar-refractivity contribution in [2.24, 2.45) is 12.5 Å². The van der Waals surface area contributed by atoms with Gasteiger partial charge >= 0.3 is 0 Å². The molecular weight excluding hydrogens is 212 g/mol. The highest BCUT2D eigenvalue weighted by Crippen LogP contribution is 2.29. The van der Waals surface area contributed by atoms with Gasteiger partial charge in [0.25, 0.3) is 0 Å². The first kappa shape index (κ1) is 12.1. The van der Waals surface area contributed by atoms with Crippen molar-refractivity contribution in [3.8, 4) is 6.07 Å². The lowest BCUT2D eigenvalue weighted by atomic mass is 9.82. The Bertz CT molecular complexity index is 407. The van der Waals surface area contributed by atoms with E-state index in [1.54, 1.807) is 0 Å². The van der Waals surface area contributed by atoms with E-state index in [-0.39, 0.29) is 5.41 Å². The number of nitrogens with zero attached hydrogens (tertiary/aromatic N) is 4. The fourth-order valence-electron chi connectivity index (χ4n) is 2.28. The molecular formula is C13H20N4. The third-order valence-corrected chi connectivity index (χ3v) is 3.80. The maximum Gasteiger partial charge on any atom is 0.109 e. The minimum absolute atomic E-state index is 0.0975. The lowest BCUT2D eigenvalue weighted by Gasteiger charge is -2.34. The summed E-state index contributed by atoms with van der Waals surface area (Å²) >= 11 is 0. The Balaban J connectivity index is 1.80.